The maximum atomic E-state index is 4.50. The van der Waals surface area contributed by atoms with Crippen LogP contribution in [0.3, 0.4) is 0 Å². The average molecular weight is 126 g/mol. The van der Waals surface area contributed by atoms with Crippen molar-refractivity contribution in [2.45, 2.75) is 26.2 Å². The molecule has 0 nitrogen and oxygen atoms in total. The van der Waals surface area contributed by atoms with Crippen molar-refractivity contribution in [3.05, 3.63) is 0 Å². The van der Waals surface area contributed by atoms with Gasteiger partial charge in [0.15, 0.2) is 0 Å². The number of hydrogen-bond acceptors (Lipinski definition) is 1. The zero-order chi connectivity index (χ0) is 6.24. The second-order valence-corrected chi connectivity index (χ2v) is 1.78. The van der Waals surface area contributed by atoms with Crippen LogP contribution in [-0.2, 0) is 0 Å². The van der Waals surface area contributed by atoms with Crippen LogP contribution >= 0.6 is 12.2 Å². The first-order valence-electron chi connectivity index (χ1n) is 2.84. The Hall–Kier alpha value is -0.350. The van der Waals surface area contributed by atoms with Crippen LogP contribution in [0.2, 0.25) is 0 Å². The minimum atomic E-state index is 0.990. The van der Waals surface area contributed by atoms with Gasteiger partial charge in [0.05, 0.1) is 5.37 Å². The molecule has 0 heterocycles. The van der Waals surface area contributed by atoms with Crippen LogP contribution in [0.1, 0.15) is 26.2 Å². The molecule has 0 aliphatic heterocycles. The fraction of sp³-hybridized carbons (Fsp3) is 0.571. The van der Waals surface area contributed by atoms with Crippen molar-refractivity contribution in [1.29, 1.82) is 0 Å². The van der Waals surface area contributed by atoms with E-state index >= 15 is 0 Å². The second-order valence-electron chi connectivity index (χ2n) is 1.54. The highest BCUT2D eigenvalue weighted by Crippen LogP contribution is 1.89. The monoisotopic (exact) mass is 126 g/mol. The first-order valence-corrected chi connectivity index (χ1v) is 3.31. The molecular formula is C7H10S. The summed E-state index contributed by atoms with van der Waals surface area (Å²) in [7, 11) is 0. The van der Waals surface area contributed by atoms with Crippen LogP contribution in [-0.4, -0.2) is 5.37 Å². The number of rotatable bonds is 2. The molecule has 0 rings (SSSR count). The van der Waals surface area contributed by atoms with E-state index in [9.17, 15) is 0 Å². The highest BCUT2D eigenvalue weighted by Gasteiger charge is 1.73. The van der Waals surface area contributed by atoms with Gasteiger partial charge in [-0.1, -0.05) is 37.4 Å². The molecule has 0 bridgehead atoms. The molecule has 0 unspecified atom stereocenters. The van der Waals surface area contributed by atoms with Gasteiger partial charge in [0.2, 0.25) is 0 Å². The Bertz CT molecular complexity index is 105. The normalized spacial score (nSPS) is 7.12. The fourth-order valence-corrected chi connectivity index (χ4v) is 0.462. The molecule has 0 saturated heterocycles. The Morgan fingerprint density at radius 3 is 2.88 bits per heavy atom. The standard InChI is InChI=1S/C7H10S/c1-2-3-4-5-6-7-8/h7H,2-4H2,1H3. The maximum absolute atomic E-state index is 4.50. The van der Waals surface area contributed by atoms with Crippen molar-refractivity contribution in [2.75, 3.05) is 0 Å². The van der Waals surface area contributed by atoms with Gasteiger partial charge in [-0.15, -0.1) is 0 Å². The van der Waals surface area contributed by atoms with Crippen molar-refractivity contribution in [2.24, 2.45) is 0 Å². The van der Waals surface area contributed by atoms with Gasteiger partial charge in [0.25, 0.3) is 0 Å². The average Bonchev–Trinajstić information content (AvgIpc) is 1.81. The third-order valence-electron chi connectivity index (χ3n) is 0.816. The summed E-state index contributed by atoms with van der Waals surface area (Å²) in [4.78, 5) is 0. The molecule has 0 atom stereocenters. The van der Waals surface area contributed by atoms with E-state index in [-0.39, 0.29) is 0 Å². The van der Waals surface area contributed by atoms with E-state index in [2.05, 4.69) is 31.0 Å². The molecule has 0 aromatic heterocycles. The molecule has 0 aromatic carbocycles. The van der Waals surface area contributed by atoms with Crippen LogP contribution in [0.15, 0.2) is 0 Å². The number of unbranched alkanes of at least 4 members (excludes halogenated alkanes) is 2. The van der Waals surface area contributed by atoms with Gasteiger partial charge in [0.1, 0.15) is 0 Å². The summed E-state index contributed by atoms with van der Waals surface area (Å²) in [5.74, 6) is 5.65. The quantitative estimate of drug-likeness (QED) is 0.310. The lowest BCUT2D eigenvalue weighted by molar-refractivity contribution is 0.828. The van der Waals surface area contributed by atoms with E-state index in [1.165, 1.54) is 18.2 Å². The number of thiocarbonyl (C=S) groups is 1. The molecule has 1 heteroatoms. The first-order chi connectivity index (χ1) is 3.91. The van der Waals surface area contributed by atoms with Crippen LogP contribution in [0.5, 0.6) is 0 Å². The van der Waals surface area contributed by atoms with Crippen molar-refractivity contribution in [1.82, 2.24) is 0 Å². The smallest absolute Gasteiger partial charge is 0.0514 e. The van der Waals surface area contributed by atoms with E-state index in [4.69, 9.17) is 0 Å². The summed E-state index contributed by atoms with van der Waals surface area (Å²) < 4.78 is 0. The van der Waals surface area contributed by atoms with Crippen LogP contribution in [0, 0.1) is 11.8 Å². The highest BCUT2D eigenvalue weighted by molar-refractivity contribution is 7.79. The lowest BCUT2D eigenvalue weighted by Gasteiger charge is -1.80. The Morgan fingerprint density at radius 1 is 1.62 bits per heavy atom. The lowest BCUT2D eigenvalue weighted by Crippen LogP contribution is -1.66. The van der Waals surface area contributed by atoms with Crippen molar-refractivity contribution in [3.63, 3.8) is 0 Å². The summed E-state index contributed by atoms with van der Waals surface area (Å²) in [5, 5.41) is 1.47. The van der Waals surface area contributed by atoms with Gasteiger partial charge in [-0.2, -0.15) is 0 Å². The zero-order valence-electron chi connectivity index (χ0n) is 5.11. The predicted octanol–water partition coefficient (Wildman–Crippen LogP) is 2.18. The molecule has 0 aliphatic rings. The van der Waals surface area contributed by atoms with Gasteiger partial charge in [0, 0.05) is 6.42 Å². The summed E-state index contributed by atoms with van der Waals surface area (Å²) in [5.41, 5.74) is 0. The Labute approximate surface area is 56.3 Å². The lowest BCUT2D eigenvalue weighted by atomic mass is 10.3. The van der Waals surface area contributed by atoms with Gasteiger partial charge < -0.3 is 0 Å². The highest BCUT2D eigenvalue weighted by atomic mass is 32.1. The SMILES string of the molecule is CCCCC#CC=S. The molecule has 0 spiro atoms. The molecule has 8 heavy (non-hydrogen) atoms. The minimum absolute atomic E-state index is 0.990. The van der Waals surface area contributed by atoms with Crippen LogP contribution in [0.4, 0.5) is 0 Å². The van der Waals surface area contributed by atoms with E-state index in [1.807, 2.05) is 0 Å². The molecule has 0 amide bonds. The third kappa shape index (κ3) is 5.65. The van der Waals surface area contributed by atoms with E-state index in [0.29, 0.717) is 0 Å². The van der Waals surface area contributed by atoms with Gasteiger partial charge in [-0.05, 0) is 6.42 Å². The predicted molar refractivity (Wildman–Crippen MR) is 41.0 cm³/mol. The molecule has 0 N–H and O–H groups in total. The molecular weight excluding hydrogens is 116 g/mol. The van der Waals surface area contributed by atoms with Crippen molar-refractivity contribution >= 4 is 17.6 Å². The van der Waals surface area contributed by atoms with E-state index in [1.54, 1.807) is 0 Å². The summed E-state index contributed by atoms with van der Waals surface area (Å²) in [6.45, 7) is 2.15. The molecule has 0 saturated carbocycles. The van der Waals surface area contributed by atoms with Crippen molar-refractivity contribution in [3.8, 4) is 11.8 Å². The second kappa shape index (κ2) is 6.65. The van der Waals surface area contributed by atoms with Crippen LogP contribution < -0.4 is 0 Å². The fourth-order valence-electron chi connectivity index (χ4n) is 0.379. The molecule has 44 valence electrons. The summed E-state index contributed by atoms with van der Waals surface area (Å²) >= 11 is 4.50. The van der Waals surface area contributed by atoms with Gasteiger partial charge in [-0.3, -0.25) is 0 Å². The maximum Gasteiger partial charge on any atom is 0.0514 e. The number of hydrogen-bond donors (Lipinski definition) is 0. The van der Waals surface area contributed by atoms with E-state index in [0.717, 1.165) is 6.42 Å². The molecule has 0 aromatic rings. The third-order valence-corrected chi connectivity index (χ3v) is 0.934. The topological polar surface area (TPSA) is 0 Å². The molecule has 0 aliphatic carbocycles. The Morgan fingerprint density at radius 2 is 2.38 bits per heavy atom. The summed E-state index contributed by atoms with van der Waals surface area (Å²) in [6, 6.07) is 0. The van der Waals surface area contributed by atoms with Crippen LogP contribution in [0.25, 0.3) is 0 Å². The van der Waals surface area contributed by atoms with Gasteiger partial charge >= 0.3 is 0 Å². The molecule has 0 fully saturated rings. The summed E-state index contributed by atoms with van der Waals surface area (Å²) in [6.07, 6.45) is 3.39. The van der Waals surface area contributed by atoms with Crippen molar-refractivity contribution < 1.29 is 0 Å². The Balaban J connectivity index is 3.02. The first kappa shape index (κ1) is 7.65. The zero-order valence-corrected chi connectivity index (χ0v) is 5.92. The van der Waals surface area contributed by atoms with Gasteiger partial charge in [-0.25, -0.2) is 0 Å². The van der Waals surface area contributed by atoms with E-state index < -0.39 is 0 Å². The molecule has 0 radical (unpaired) electrons. The minimum Gasteiger partial charge on any atom is -0.0977 e. The Kier molecular flexibility index (Phi) is 6.36. The largest absolute Gasteiger partial charge is 0.0977 e.